The second kappa shape index (κ2) is 16.6. The molecule has 16 rings (SSSR count). The molecule has 5 heterocycles. The Hall–Kier alpha value is -10.4. The predicted octanol–water partition coefficient (Wildman–Crippen LogP) is 17.3. The molecule has 5 aromatic heterocycles. The molecule has 76 heavy (non-hydrogen) atoms. The maximum absolute atomic E-state index is 5.35. The quantitative estimate of drug-likeness (QED) is 0.160. The summed E-state index contributed by atoms with van der Waals surface area (Å²) < 4.78 is 9.79. The van der Waals surface area contributed by atoms with Crippen LogP contribution in [-0.2, 0) is 0 Å². The van der Waals surface area contributed by atoms with Crippen molar-refractivity contribution in [3.63, 3.8) is 0 Å². The second-order valence-electron chi connectivity index (χ2n) is 19.5. The van der Waals surface area contributed by atoms with Gasteiger partial charge in [0.15, 0.2) is 17.5 Å². The van der Waals surface area contributed by atoms with Gasteiger partial charge >= 0.3 is 0 Å². The van der Waals surface area contributed by atoms with Crippen LogP contribution in [0.3, 0.4) is 0 Å². The number of rotatable bonds is 7. The van der Waals surface area contributed by atoms with Crippen molar-refractivity contribution in [2.24, 2.45) is 0 Å². The third-order valence-corrected chi connectivity index (χ3v) is 15.4. The lowest BCUT2D eigenvalue weighted by molar-refractivity contribution is 1.08. The van der Waals surface area contributed by atoms with E-state index in [1.54, 1.807) is 0 Å². The Morgan fingerprint density at radius 2 is 0.632 bits per heavy atom. The molecule has 0 saturated heterocycles. The monoisotopic (exact) mass is 969 g/mol. The minimum Gasteiger partial charge on any atom is -0.309 e. The molecule has 0 unspecified atom stereocenters. The van der Waals surface area contributed by atoms with Crippen LogP contribution >= 0.6 is 0 Å². The van der Waals surface area contributed by atoms with E-state index in [1.165, 1.54) is 38.1 Å². The maximum atomic E-state index is 5.35. The molecule has 0 atom stereocenters. The molecule has 0 aliphatic heterocycles. The molecule has 0 radical (unpaired) electrons. The highest BCUT2D eigenvalue weighted by Gasteiger charge is 2.26. The predicted molar refractivity (Wildman–Crippen MR) is 313 cm³/mol. The zero-order chi connectivity index (χ0) is 49.8. The van der Waals surface area contributed by atoms with Gasteiger partial charge in [0.05, 0.1) is 44.1 Å². The summed E-state index contributed by atoms with van der Waals surface area (Å²) in [6, 6.07) is 93.3. The van der Waals surface area contributed by atoms with Crippen molar-refractivity contribution < 1.29 is 0 Å². The number of hydrogen-bond acceptors (Lipinski definition) is 3. The second-order valence-corrected chi connectivity index (χ2v) is 19.5. The molecule has 7 nitrogen and oxygen atoms in total. The Bertz CT molecular complexity index is 4900. The van der Waals surface area contributed by atoms with E-state index in [0.717, 1.165) is 88.6 Å². The first kappa shape index (κ1) is 42.2. The average Bonchev–Trinajstić information content (AvgIpc) is 4.43. The Kier molecular flexibility index (Phi) is 9.20. The summed E-state index contributed by atoms with van der Waals surface area (Å²) in [5.74, 6) is 1.85. The SMILES string of the molecule is c1ccc(-c2nc(-c3ccccc3)nc(-c3cccc4c3c3c(ccc5c6cc(-n7c8ccccc8c8ccc9c(c%10ccccc%10n9-c9ccccc9)c87)ccc6n(-c6ccccc6)c53)n4-c3ccccc3)n2)cc1. The van der Waals surface area contributed by atoms with E-state index in [2.05, 4.69) is 243 Å². The summed E-state index contributed by atoms with van der Waals surface area (Å²) in [6.07, 6.45) is 0. The molecule has 0 aliphatic rings. The molecular weight excluding hydrogens is 927 g/mol. The van der Waals surface area contributed by atoms with Gasteiger partial charge in [-0.3, -0.25) is 0 Å². The minimum atomic E-state index is 0.610. The lowest BCUT2D eigenvalue weighted by atomic mass is 10.0. The Morgan fingerprint density at radius 1 is 0.224 bits per heavy atom. The molecule has 7 heteroatoms. The van der Waals surface area contributed by atoms with Crippen molar-refractivity contribution in [1.82, 2.24) is 33.2 Å². The fourth-order valence-corrected chi connectivity index (χ4v) is 12.2. The fraction of sp³-hybridized carbons (Fsp3) is 0. The van der Waals surface area contributed by atoms with E-state index < -0.39 is 0 Å². The highest BCUT2D eigenvalue weighted by molar-refractivity contribution is 6.29. The molecule has 0 fully saturated rings. The number of nitrogens with zero attached hydrogens (tertiary/aromatic N) is 7. The zero-order valence-corrected chi connectivity index (χ0v) is 41.0. The minimum absolute atomic E-state index is 0.610. The Morgan fingerprint density at radius 3 is 1.25 bits per heavy atom. The molecule has 354 valence electrons. The van der Waals surface area contributed by atoms with Gasteiger partial charge in [-0.1, -0.05) is 176 Å². The molecular formula is C69H43N7. The average molecular weight is 970 g/mol. The Balaban J connectivity index is 1.04. The van der Waals surface area contributed by atoms with E-state index in [-0.39, 0.29) is 0 Å². The molecule has 0 bridgehead atoms. The molecule has 0 saturated carbocycles. The summed E-state index contributed by atoms with van der Waals surface area (Å²) in [5, 5.41) is 9.36. The number of fused-ring (bicyclic) bond motifs is 14. The van der Waals surface area contributed by atoms with Gasteiger partial charge in [-0.2, -0.15) is 0 Å². The van der Waals surface area contributed by atoms with Gasteiger partial charge in [-0.25, -0.2) is 15.0 Å². The lowest BCUT2D eigenvalue weighted by Crippen LogP contribution is -2.00. The first-order valence-corrected chi connectivity index (χ1v) is 25.8. The van der Waals surface area contributed by atoms with Gasteiger partial charge in [-0.05, 0) is 84.9 Å². The van der Waals surface area contributed by atoms with Gasteiger partial charge in [0, 0.05) is 82.5 Å². The fourth-order valence-electron chi connectivity index (χ4n) is 12.2. The van der Waals surface area contributed by atoms with Gasteiger partial charge in [0.1, 0.15) is 0 Å². The number of para-hydroxylation sites is 5. The third-order valence-electron chi connectivity index (χ3n) is 15.4. The van der Waals surface area contributed by atoms with Crippen LogP contribution in [0.25, 0.3) is 144 Å². The highest BCUT2D eigenvalue weighted by Crippen LogP contribution is 2.47. The van der Waals surface area contributed by atoms with Crippen LogP contribution < -0.4 is 0 Å². The van der Waals surface area contributed by atoms with E-state index in [0.29, 0.717) is 17.5 Å². The largest absolute Gasteiger partial charge is 0.309 e. The number of aromatic nitrogens is 7. The van der Waals surface area contributed by atoms with Crippen molar-refractivity contribution >= 4 is 87.2 Å². The van der Waals surface area contributed by atoms with Crippen LogP contribution in [0.1, 0.15) is 0 Å². The molecule has 0 aliphatic carbocycles. The van der Waals surface area contributed by atoms with Crippen LogP contribution in [0.4, 0.5) is 0 Å². The summed E-state index contributed by atoms with van der Waals surface area (Å²) in [4.78, 5) is 15.8. The van der Waals surface area contributed by atoms with Gasteiger partial charge in [0.25, 0.3) is 0 Å². The smallest absolute Gasteiger partial charge is 0.164 e. The van der Waals surface area contributed by atoms with Gasteiger partial charge in [-0.15, -0.1) is 0 Å². The highest BCUT2D eigenvalue weighted by atomic mass is 15.1. The molecule has 11 aromatic carbocycles. The zero-order valence-electron chi connectivity index (χ0n) is 41.0. The van der Waals surface area contributed by atoms with E-state index in [1.807, 2.05) is 36.4 Å². The van der Waals surface area contributed by atoms with Crippen molar-refractivity contribution in [2.75, 3.05) is 0 Å². The number of hydrogen-bond donors (Lipinski definition) is 0. The summed E-state index contributed by atoms with van der Waals surface area (Å²) in [5.41, 5.74) is 16.2. The van der Waals surface area contributed by atoms with E-state index >= 15 is 0 Å². The maximum Gasteiger partial charge on any atom is 0.164 e. The van der Waals surface area contributed by atoms with Crippen LogP contribution in [0.15, 0.2) is 261 Å². The third kappa shape index (κ3) is 6.20. The molecule has 16 aromatic rings. The van der Waals surface area contributed by atoms with Crippen LogP contribution in [0.2, 0.25) is 0 Å². The van der Waals surface area contributed by atoms with Gasteiger partial charge < -0.3 is 18.3 Å². The summed E-state index contributed by atoms with van der Waals surface area (Å²) in [7, 11) is 0. The molecule has 0 N–H and O–H groups in total. The van der Waals surface area contributed by atoms with Crippen molar-refractivity contribution in [1.29, 1.82) is 0 Å². The lowest BCUT2D eigenvalue weighted by Gasteiger charge is -2.12. The van der Waals surface area contributed by atoms with Crippen LogP contribution in [0, 0.1) is 0 Å². The van der Waals surface area contributed by atoms with Crippen molar-refractivity contribution in [3.05, 3.63) is 261 Å². The topological polar surface area (TPSA) is 58.4 Å². The normalized spacial score (nSPS) is 11.9. The summed E-state index contributed by atoms with van der Waals surface area (Å²) >= 11 is 0. The van der Waals surface area contributed by atoms with Crippen molar-refractivity contribution in [3.8, 4) is 56.9 Å². The Labute approximate surface area is 436 Å². The van der Waals surface area contributed by atoms with Crippen LogP contribution in [0.5, 0.6) is 0 Å². The standard InChI is InChI=1S/C69H43N7/c1-6-21-44(22-7-1)67-70-68(45-23-8-2-9-24-45)72-69(71-67)54-33-20-36-59-62(54)64-61(74(59)47-27-12-4-13-28-47)42-39-52-55-43-49(37-40-58(55)75(66(52)64)48-29-14-5-15-30-48)76-56-34-18-16-31-50(56)51-38-41-60-63(65(51)76)53-32-17-19-35-57(53)73(60)46-25-10-3-11-26-46/h1-43H. The van der Waals surface area contributed by atoms with Crippen LogP contribution in [-0.4, -0.2) is 33.2 Å². The first-order chi connectivity index (χ1) is 37.7. The van der Waals surface area contributed by atoms with Crippen molar-refractivity contribution in [2.45, 2.75) is 0 Å². The van der Waals surface area contributed by atoms with Gasteiger partial charge in [0.2, 0.25) is 0 Å². The van der Waals surface area contributed by atoms with E-state index in [9.17, 15) is 0 Å². The number of benzene rings is 11. The molecule has 0 spiro atoms. The first-order valence-electron chi connectivity index (χ1n) is 25.8. The molecule has 0 amide bonds. The summed E-state index contributed by atoms with van der Waals surface area (Å²) in [6.45, 7) is 0. The van der Waals surface area contributed by atoms with E-state index in [4.69, 9.17) is 15.0 Å².